The second-order valence-corrected chi connectivity index (χ2v) is 4.75. The molecule has 0 aliphatic carbocycles. The van der Waals surface area contributed by atoms with Gasteiger partial charge in [-0.25, -0.2) is 0 Å². The van der Waals surface area contributed by atoms with Crippen molar-refractivity contribution >= 4 is 34.0 Å². The van der Waals surface area contributed by atoms with E-state index in [4.69, 9.17) is 16.2 Å². The molecule has 14 heavy (non-hydrogen) atoms. The van der Waals surface area contributed by atoms with Crippen LogP contribution >= 0.6 is 23.6 Å². The normalized spacial score (nSPS) is 11.6. The first kappa shape index (κ1) is 11.8. The van der Waals surface area contributed by atoms with Crippen molar-refractivity contribution in [2.24, 2.45) is 0 Å². The van der Waals surface area contributed by atoms with Crippen molar-refractivity contribution in [2.45, 2.75) is 5.75 Å². The molecule has 1 rings (SSSR count). The van der Waals surface area contributed by atoms with Crippen LogP contribution in [-0.2, 0) is 19.8 Å². The van der Waals surface area contributed by atoms with Gasteiger partial charge in [0.2, 0.25) is 0 Å². The van der Waals surface area contributed by atoms with Crippen molar-refractivity contribution in [2.75, 3.05) is 0 Å². The lowest BCUT2D eigenvalue weighted by Gasteiger charge is -1.99. The molecule has 1 N–H and O–H groups in total. The zero-order valence-electron chi connectivity index (χ0n) is 6.88. The molecule has 4 nitrogen and oxygen atoms in total. The highest BCUT2D eigenvalue weighted by Crippen LogP contribution is 2.18. The Morgan fingerprint density at radius 1 is 1.50 bits per heavy atom. The Morgan fingerprint density at radius 3 is 2.79 bits per heavy atom. The number of hydrogen-bond donors (Lipinski definition) is 1. The monoisotopic (exact) mass is 254 g/mol. The van der Waals surface area contributed by atoms with Gasteiger partial charge in [-0.2, -0.15) is 12.0 Å². The minimum Gasteiger partial charge on any atom is -0.263 e. The smallest absolute Gasteiger partial charge is 0.263 e. The summed E-state index contributed by atoms with van der Waals surface area (Å²) >= 11 is 6.32. The third kappa shape index (κ3) is 4.83. The van der Waals surface area contributed by atoms with Gasteiger partial charge in [-0.05, 0) is 17.7 Å². The van der Waals surface area contributed by atoms with Crippen molar-refractivity contribution in [3.63, 3.8) is 0 Å². The first-order chi connectivity index (χ1) is 6.47. The highest BCUT2D eigenvalue weighted by Gasteiger charge is 2.05. The van der Waals surface area contributed by atoms with Crippen LogP contribution in [0.2, 0.25) is 5.02 Å². The van der Waals surface area contributed by atoms with Crippen molar-refractivity contribution in [3.05, 3.63) is 34.9 Å². The minimum absolute atomic E-state index is 0.292. The largest absolute Gasteiger partial charge is 0.408 e. The lowest BCUT2D eigenvalue weighted by Crippen LogP contribution is -1.97. The van der Waals surface area contributed by atoms with Crippen LogP contribution in [0.5, 0.6) is 0 Å². The van der Waals surface area contributed by atoms with Crippen LogP contribution in [0.4, 0.5) is 0 Å². The summed E-state index contributed by atoms with van der Waals surface area (Å²) < 4.78 is 32.7. The van der Waals surface area contributed by atoms with Crippen LogP contribution in [0, 0.1) is 0 Å². The van der Waals surface area contributed by atoms with Gasteiger partial charge in [-0.15, -0.1) is 0 Å². The summed E-state index contributed by atoms with van der Waals surface area (Å²) in [5, 5.41) is 0.565. The minimum atomic E-state index is -4.37. The standard InChI is InChI=1S/C7H7ClO4S2/c8-7-3-1-2-6(4-7)5-13-12-14(9,10)11/h1-4H,5H2,(H,9,10,11). The number of hydrogen-bond acceptors (Lipinski definition) is 4. The van der Waals surface area contributed by atoms with Crippen LogP contribution in [0.15, 0.2) is 24.3 Å². The van der Waals surface area contributed by atoms with Crippen LogP contribution in [0.25, 0.3) is 0 Å². The van der Waals surface area contributed by atoms with Crippen molar-refractivity contribution < 1.29 is 16.6 Å². The first-order valence-electron chi connectivity index (χ1n) is 3.50. The summed E-state index contributed by atoms with van der Waals surface area (Å²) in [5.41, 5.74) is 0.811. The Labute approximate surface area is 91.4 Å². The van der Waals surface area contributed by atoms with Gasteiger partial charge in [0.05, 0.1) is 0 Å². The molecule has 0 unspecified atom stereocenters. The Bertz CT molecular complexity index is 404. The SMILES string of the molecule is O=S(=O)(O)OSCc1cccc(Cl)c1. The lowest BCUT2D eigenvalue weighted by molar-refractivity contribution is 0.407. The molecule has 0 aromatic heterocycles. The van der Waals surface area contributed by atoms with Gasteiger partial charge in [0.1, 0.15) is 0 Å². The van der Waals surface area contributed by atoms with E-state index in [0.717, 1.165) is 5.56 Å². The summed E-state index contributed by atoms with van der Waals surface area (Å²) in [4.78, 5) is 0. The molecule has 0 aliphatic heterocycles. The molecule has 0 saturated heterocycles. The Kier molecular flexibility index (Phi) is 4.21. The molecular weight excluding hydrogens is 248 g/mol. The quantitative estimate of drug-likeness (QED) is 0.660. The molecule has 1 aromatic carbocycles. The zero-order valence-corrected chi connectivity index (χ0v) is 9.27. The molecule has 0 atom stereocenters. The van der Waals surface area contributed by atoms with E-state index in [1.54, 1.807) is 24.3 Å². The van der Waals surface area contributed by atoms with Gasteiger partial charge >= 0.3 is 10.4 Å². The van der Waals surface area contributed by atoms with E-state index >= 15 is 0 Å². The first-order valence-corrected chi connectivity index (χ1v) is 6.16. The summed E-state index contributed by atoms with van der Waals surface area (Å²) in [7, 11) is -4.37. The summed E-state index contributed by atoms with van der Waals surface area (Å²) in [6.07, 6.45) is 0. The molecule has 0 spiro atoms. The van der Waals surface area contributed by atoms with Crippen molar-refractivity contribution in [3.8, 4) is 0 Å². The van der Waals surface area contributed by atoms with Crippen LogP contribution in [0.3, 0.4) is 0 Å². The molecule has 78 valence electrons. The number of rotatable bonds is 4. The Morgan fingerprint density at radius 2 is 2.21 bits per heavy atom. The zero-order chi connectivity index (χ0) is 10.6. The number of halogens is 1. The van der Waals surface area contributed by atoms with Crippen LogP contribution in [0.1, 0.15) is 5.56 Å². The Hall–Kier alpha value is -0.270. The molecule has 0 heterocycles. The van der Waals surface area contributed by atoms with Gasteiger partial charge in [-0.1, -0.05) is 23.7 Å². The summed E-state index contributed by atoms with van der Waals surface area (Å²) in [6, 6.07) is 6.90. The topological polar surface area (TPSA) is 63.6 Å². The maximum atomic E-state index is 10.2. The molecular formula is C7H7ClO4S2. The predicted octanol–water partition coefficient (Wildman–Crippen LogP) is 2.31. The van der Waals surface area contributed by atoms with Gasteiger partial charge < -0.3 is 0 Å². The van der Waals surface area contributed by atoms with Gasteiger partial charge in [0, 0.05) is 22.8 Å². The molecule has 1 aromatic rings. The van der Waals surface area contributed by atoms with Crippen LogP contribution in [-0.4, -0.2) is 13.0 Å². The molecule has 7 heteroatoms. The molecule has 0 aliphatic rings. The van der Waals surface area contributed by atoms with Gasteiger partial charge in [-0.3, -0.25) is 4.55 Å². The third-order valence-corrected chi connectivity index (χ3v) is 3.01. The van der Waals surface area contributed by atoms with Gasteiger partial charge in [0.15, 0.2) is 0 Å². The van der Waals surface area contributed by atoms with E-state index in [0.29, 0.717) is 22.8 Å². The average Bonchev–Trinajstić information content (AvgIpc) is 2.01. The van der Waals surface area contributed by atoms with Crippen molar-refractivity contribution in [1.82, 2.24) is 0 Å². The van der Waals surface area contributed by atoms with E-state index in [-0.39, 0.29) is 0 Å². The van der Waals surface area contributed by atoms with E-state index in [1.165, 1.54) is 0 Å². The molecule has 0 saturated carbocycles. The summed E-state index contributed by atoms with van der Waals surface area (Å²) in [5.74, 6) is 0.292. The molecule has 0 fully saturated rings. The third-order valence-electron chi connectivity index (χ3n) is 1.25. The van der Waals surface area contributed by atoms with Crippen molar-refractivity contribution in [1.29, 1.82) is 0 Å². The molecule has 0 radical (unpaired) electrons. The maximum Gasteiger partial charge on any atom is 0.408 e. The fourth-order valence-electron chi connectivity index (χ4n) is 0.780. The summed E-state index contributed by atoms with van der Waals surface area (Å²) in [6.45, 7) is 0. The highest BCUT2D eigenvalue weighted by molar-refractivity contribution is 8.02. The van der Waals surface area contributed by atoms with E-state index in [1.807, 2.05) is 0 Å². The van der Waals surface area contributed by atoms with E-state index in [9.17, 15) is 8.42 Å². The second-order valence-electron chi connectivity index (χ2n) is 2.39. The van der Waals surface area contributed by atoms with Gasteiger partial charge in [0.25, 0.3) is 0 Å². The Balaban J connectivity index is 2.47. The lowest BCUT2D eigenvalue weighted by atomic mass is 10.2. The highest BCUT2D eigenvalue weighted by atomic mass is 35.5. The fourth-order valence-corrected chi connectivity index (χ4v) is 1.99. The van der Waals surface area contributed by atoms with E-state index < -0.39 is 10.4 Å². The average molecular weight is 255 g/mol. The maximum absolute atomic E-state index is 10.2. The van der Waals surface area contributed by atoms with Crippen LogP contribution < -0.4 is 0 Å². The molecule has 0 bridgehead atoms. The molecule has 0 amide bonds. The predicted molar refractivity (Wildman–Crippen MR) is 55.4 cm³/mol. The number of benzene rings is 1. The fraction of sp³-hybridized carbons (Fsp3) is 0.143. The van der Waals surface area contributed by atoms with E-state index in [2.05, 4.69) is 3.63 Å². The second kappa shape index (κ2) is 4.99.